The second-order valence-electron chi connectivity index (χ2n) is 13.6. The third-order valence-electron chi connectivity index (χ3n) is 10.4. The molecule has 1 spiro atoms. The van der Waals surface area contributed by atoms with Crippen LogP contribution in [0.1, 0.15) is 37.3 Å². The van der Waals surface area contributed by atoms with Crippen LogP contribution in [0.25, 0.3) is 16.6 Å². The Hall–Kier alpha value is -3.74. The molecule has 3 aromatic carbocycles. The van der Waals surface area contributed by atoms with E-state index in [1.165, 1.54) is 4.68 Å². The molecule has 3 aliphatic heterocycles. The number of para-hydroxylation sites is 1. The number of nitrogens with zero attached hydrogens (tertiary/aromatic N) is 3. The molecule has 2 saturated heterocycles. The van der Waals surface area contributed by atoms with Crippen LogP contribution >= 0.6 is 11.6 Å². The van der Waals surface area contributed by atoms with Crippen LogP contribution in [0.2, 0.25) is 23.7 Å². The van der Waals surface area contributed by atoms with E-state index >= 15 is 0 Å². The van der Waals surface area contributed by atoms with Gasteiger partial charge in [0, 0.05) is 28.6 Å². The number of carbonyl (C=O) groups is 2. The van der Waals surface area contributed by atoms with E-state index in [2.05, 4.69) is 5.10 Å². The molecule has 4 aromatic rings. The Labute approximate surface area is 278 Å². The number of benzene rings is 3. The zero-order valence-electron chi connectivity index (χ0n) is 26.6. The first-order chi connectivity index (χ1) is 22.4. The van der Waals surface area contributed by atoms with Crippen molar-refractivity contribution in [3.05, 3.63) is 93.2 Å². The lowest BCUT2D eigenvalue weighted by atomic mass is 9.82. The number of H-pyrrole nitrogens is 1. The van der Waals surface area contributed by atoms with Gasteiger partial charge in [0.1, 0.15) is 0 Å². The molecule has 0 radical (unpaired) electrons. The van der Waals surface area contributed by atoms with Gasteiger partial charge in [-0.25, -0.2) is 4.68 Å². The average molecular weight is 675 g/mol. The molecule has 10 nitrogen and oxygen atoms in total. The maximum Gasteiger partial charge on any atom is 0.279 e. The van der Waals surface area contributed by atoms with Crippen molar-refractivity contribution in [3.63, 3.8) is 0 Å². The third kappa shape index (κ3) is 5.16. The number of hydrogen-bond donors (Lipinski definition) is 3. The molecule has 3 N–H and O–H groups in total. The number of aromatic amines is 1. The molecule has 0 bridgehead atoms. The molecule has 246 valence electrons. The van der Waals surface area contributed by atoms with Crippen LogP contribution in [0.15, 0.2) is 71.5 Å². The molecule has 5 atom stereocenters. The van der Waals surface area contributed by atoms with Crippen LogP contribution in [0.4, 0.5) is 5.69 Å². The number of halogens is 1. The highest BCUT2D eigenvalue weighted by Gasteiger charge is 2.66. The summed E-state index contributed by atoms with van der Waals surface area (Å²) in [6.45, 7) is 6.31. The first-order valence-electron chi connectivity index (χ1n) is 16.2. The summed E-state index contributed by atoms with van der Waals surface area (Å²) < 4.78 is 8.32. The molecule has 0 saturated carbocycles. The maximum atomic E-state index is 14.7. The Balaban J connectivity index is 1.21. The fourth-order valence-electron chi connectivity index (χ4n) is 8.22. The SMILES string of the molecule is C[C@@H]1[C@@H]([Si](C)(C)O)[C@H](CC(=O)N2CCC[C@H]2CO)O[C@@]12C(=O)N(Cc1ccc(-n3[nH]c4ccccc4c3=O)cc1)c1ccc(Cl)cc12. The Kier molecular flexibility index (Phi) is 7.96. The second kappa shape index (κ2) is 11.7. The van der Waals surface area contributed by atoms with Crippen molar-refractivity contribution in [2.45, 2.75) is 69.1 Å². The molecule has 1 aromatic heterocycles. The van der Waals surface area contributed by atoms with Crippen LogP contribution in [0.3, 0.4) is 0 Å². The van der Waals surface area contributed by atoms with E-state index in [1.807, 2.05) is 68.5 Å². The summed E-state index contributed by atoms with van der Waals surface area (Å²) in [5.74, 6) is -0.835. The predicted molar refractivity (Wildman–Crippen MR) is 182 cm³/mol. The van der Waals surface area contributed by atoms with Gasteiger partial charge in [-0.1, -0.05) is 42.8 Å². The Morgan fingerprint density at radius 2 is 1.85 bits per heavy atom. The number of hydrogen-bond acceptors (Lipinski definition) is 6. The molecule has 0 unspecified atom stereocenters. The molecule has 4 heterocycles. The zero-order valence-corrected chi connectivity index (χ0v) is 28.4. The Morgan fingerprint density at radius 3 is 2.55 bits per heavy atom. The highest BCUT2D eigenvalue weighted by atomic mass is 35.5. The van der Waals surface area contributed by atoms with E-state index in [0.29, 0.717) is 33.9 Å². The first-order valence-corrected chi connectivity index (χ1v) is 19.6. The lowest BCUT2D eigenvalue weighted by molar-refractivity contribution is -0.150. The van der Waals surface area contributed by atoms with E-state index in [-0.39, 0.29) is 43.0 Å². The monoisotopic (exact) mass is 674 g/mol. The highest BCUT2D eigenvalue weighted by Crippen LogP contribution is 2.60. The van der Waals surface area contributed by atoms with Crippen LogP contribution in [-0.2, 0) is 26.5 Å². The number of aromatic nitrogens is 2. The average Bonchev–Trinajstić information content (AvgIpc) is 3.78. The lowest BCUT2D eigenvalue weighted by Crippen LogP contribution is -2.46. The number of amides is 2. The van der Waals surface area contributed by atoms with E-state index in [4.69, 9.17) is 16.3 Å². The van der Waals surface area contributed by atoms with Gasteiger partial charge in [0.05, 0.1) is 54.0 Å². The van der Waals surface area contributed by atoms with Crippen molar-refractivity contribution >= 4 is 48.3 Å². The van der Waals surface area contributed by atoms with Gasteiger partial charge in [-0.2, -0.15) is 0 Å². The number of rotatable bonds is 7. The summed E-state index contributed by atoms with van der Waals surface area (Å²) in [6.07, 6.45) is 0.901. The topological polar surface area (TPSA) is 128 Å². The van der Waals surface area contributed by atoms with Crippen LogP contribution < -0.4 is 10.5 Å². The van der Waals surface area contributed by atoms with Crippen molar-refractivity contribution in [1.29, 1.82) is 0 Å². The van der Waals surface area contributed by atoms with Crippen molar-refractivity contribution in [2.24, 2.45) is 5.92 Å². The smallest absolute Gasteiger partial charge is 0.279 e. The van der Waals surface area contributed by atoms with E-state index in [0.717, 1.165) is 23.9 Å². The molecule has 47 heavy (non-hydrogen) atoms. The minimum atomic E-state index is -2.97. The summed E-state index contributed by atoms with van der Waals surface area (Å²) >= 11 is 6.53. The lowest BCUT2D eigenvalue weighted by Gasteiger charge is -2.32. The molecule has 2 amide bonds. The van der Waals surface area contributed by atoms with Gasteiger partial charge in [0.2, 0.25) is 5.91 Å². The summed E-state index contributed by atoms with van der Waals surface area (Å²) in [4.78, 5) is 56.2. The standard InChI is InChI=1S/C35H39ClN4O6Si/c1-21-32(47(2,3)45)30(18-31(42)38-16-6-7-25(38)20-41)46-35(21)27-17-23(36)12-15-29(27)39(34(35)44)19-22-10-13-24(14-11-22)40-33(43)26-8-4-5-9-28(26)37-40/h4-5,8-15,17,21,25,30,32,37,41,45H,6-7,16,18-20H2,1-3H3/t21-,25+,30+,32-,35+/m1/s1. The summed E-state index contributed by atoms with van der Waals surface area (Å²) in [5.41, 5.74) is 1.59. The first kappa shape index (κ1) is 31.8. The molecule has 12 heteroatoms. The Bertz CT molecular complexity index is 1920. The van der Waals surface area contributed by atoms with Gasteiger partial charge < -0.3 is 24.4 Å². The number of ether oxygens (including phenoxy) is 1. The molecule has 3 aliphatic rings. The minimum Gasteiger partial charge on any atom is -0.432 e. The van der Waals surface area contributed by atoms with Gasteiger partial charge in [-0.05, 0) is 74.0 Å². The molecule has 0 aliphatic carbocycles. The van der Waals surface area contributed by atoms with Gasteiger partial charge in [-0.15, -0.1) is 0 Å². The second-order valence-corrected chi connectivity index (χ2v) is 18.1. The number of nitrogens with one attached hydrogen (secondary N) is 1. The van der Waals surface area contributed by atoms with Crippen LogP contribution in [-0.4, -0.2) is 70.0 Å². The van der Waals surface area contributed by atoms with Gasteiger partial charge in [0.15, 0.2) is 13.9 Å². The quantitative estimate of drug-likeness (QED) is 0.244. The summed E-state index contributed by atoms with van der Waals surface area (Å²) in [6, 6.07) is 19.9. The number of anilines is 1. The van der Waals surface area contributed by atoms with Crippen LogP contribution in [0.5, 0.6) is 0 Å². The predicted octanol–water partition coefficient (Wildman–Crippen LogP) is 4.69. The van der Waals surface area contributed by atoms with E-state index in [1.54, 1.807) is 28.0 Å². The number of aliphatic hydroxyl groups is 1. The highest BCUT2D eigenvalue weighted by molar-refractivity contribution is 6.71. The van der Waals surface area contributed by atoms with Crippen molar-refractivity contribution < 1.29 is 24.2 Å². The number of carbonyl (C=O) groups excluding carboxylic acids is 2. The van der Waals surface area contributed by atoms with E-state index in [9.17, 15) is 24.3 Å². The Morgan fingerprint density at radius 1 is 1.11 bits per heavy atom. The van der Waals surface area contributed by atoms with Crippen molar-refractivity contribution in [1.82, 2.24) is 14.7 Å². The normalized spacial score (nSPS) is 25.8. The van der Waals surface area contributed by atoms with Crippen molar-refractivity contribution in [2.75, 3.05) is 18.1 Å². The fraction of sp³-hybridized carbons (Fsp3) is 0.400. The van der Waals surface area contributed by atoms with Gasteiger partial charge in [-0.3, -0.25) is 19.5 Å². The molecular weight excluding hydrogens is 636 g/mol. The fourth-order valence-corrected chi connectivity index (χ4v) is 10.9. The van der Waals surface area contributed by atoms with Gasteiger partial charge >= 0.3 is 0 Å². The zero-order chi connectivity index (χ0) is 33.2. The van der Waals surface area contributed by atoms with Crippen molar-refractivity contribution in [3.8, 4) is 5.69 Å². The summed E-state index contributed by atoms with van der Waals surface area (Å²) in [5, 5.41) is 14.0. The maximum absolute atomic E-state index is 14.7. The van der Waals surface area contributed by atoms with E-state index < -0.39 is 31.5 Å². The third-order valence-corrected chi connectivity index (χ3v) is 13.1. The summed E-state index contributed by atoms with van der Waals surface area (Å²) in [7, 11) is -2.97. The van der Waals surface area contributed by atoms with Crippen LogP contribution in [0, 0.1) is 5.92 Å². The molecular formula is C35H39ClN4O6Si. The molecule has 7 rings (SSSR count). The molecule has 2 fully saturated rings. The number of aliphatic hydroxyl groups excluding tert-OH is 1. The van der Waals surface area contributed by atoms with Gasteiger partial charge in [0.25, 0.3) is 11.5 Å². The number of fused-ring (bicyclic) bond motifs is 3. The number of likely N-dealkylation sites (tertiary alicyclic amines) is 1. The minimum absolute atomic E-state index is 0.0159. The largest absolute Gasteiger partial charge is 0.432 e.